The maximum absolute atomic E-state index is 6.54. The molecule has 1 aliphatic heterocycles. The van der Waals surface area contributed by atoms with E-state index in [9.17, 15) is 0 Å². The molecule has 5 heteroatoms. The van der Waals surface area contributed by atoms with Gasteiger partial charge in [0.25, 0.3) is 0 Å². The highest BCUT2D eigenvalue weighted by Gasteiger charge is 2.52. The molecule has 0 bridgehead atoms. The Morgan fingerprint density at radius 3 is 2.12 bits per heavy atom. The van der Waals surface area contributed by atoms with Crippen molar-refractivity contribution in [3.63, 3.8) is 0 Å². The molecule has 0 unspecified atom stereocenters. The van der Waals surface area contributed by atoms with Crippen molar-refractivity contribution in [2.24, 2.45) is 0 Å². The summed E-state index contributed by atoms with van der Waals surface area (Å²) in [5, 5.41) is 4.74. The zero-order valence-corrected chi connectivity index (χ0v) is 23.7. The molecule has 198 valence electrons. The number of imidazole rings is 1. The van der Waals surface area contributed by atoms with E-state index in [4.69, 9.17) is 14.3 Å². The van der Waals surface area contributed by atoms with Crippen molar-refractivity contribution in [2.45, 2.75) is 52.2 Å². The van der Waals surface area contributed by atoms with E-state index in [1.165, 1.54) is 32.7 Å². The standard InChI is InChI=1S/C35H33BN2O2/c1-6-32-37-29-20-7-8-21-31(29)38(32)30-22-12-16-24-25(15-11-17-26(24)30)27-18-9-13-23-14-10-19-28(33(23)27)36-39-34(2,3)35(4,5)40-36/h7-22H,6H2,1-5H3. The van der Waals surface area contributed by atoms with Crippen molar-refractivity contribution in [3.05, 3.63) is 103 Å². The van der Waals surface area contributed by atoms with Gasteiger partial charge in [-0.25, -0.2) is 4.98 Å². The topological polar surface area (TPSA) is 36.3 Å². The Morgan fingerprint density at radius 2 is 1.35 bits per heavy atom. The number of fused-ring (bicyclic) bond motifs is 3. The van der Waals surface area contributed by atoms with Crippen LogP contribution in [-0.2, 0) is 15.7 Å². The maximum atomic E-state index is 6.54. The van der Waals surface area contributed by atoms with Crippen molar-refractivity contribution in [2.75, 3.05) is 0 Å². The summed E-state index contributed by atoms with van der Waals surface area (Å²) in [7, 11) is -0.440. The van der Waals surface area contributed by atoms with Crippen LogP contribution < -0.4 is 5.46 Å². The summed E-state index contributed by atoms with van der Waals surface area (Å²) in [5.74, 6) is 1.06. The van der Waals surface area contributed by atoms with Gasteiger partial charge >= 0.3 is 7.12 Å². The molecule has 1 saturated heterocycles. The van der Waals surface area contributed by atoms with Crippen LogP contribution in [0.2, 0.25) is 0 Å². The number of hydrogen-bond donors (Lipinski definition) is 0. The number of aromatic nitrogens is 2. The van der Waals surface area contributed by atoms with E-state index >= 15 is 0 Å². The number of rotatable bonds is 4. The van der Waals surface area contributed by atoms with Crippen LogP contribution in [0.1, 0.15) is 40.4 Å². The van der Waals surface area contributed by atoms with Gasteiger partial charge in [0.15, 0.2) is 0 Å². The Hall–Kier alpha value is -3.93. The van der Waals surface area contributed by atoms with Crippen molar-refractivity contribution < 1.29 is 9.31 Å². The minimum absolute atomic E-state index is 0.409. The first kappa shape index (κ1) is 25.1. The minimum atomic E-state index is -0.440. The minimum Gasteiger partial charge on any atom is -0.399 e. The highest BCUT2D eigenvalue weighted by Crippen LogP contribution is 2.40. The second kappa shape index (κ2) is 9.05. The Kier molecular flexibility index (Phi) is 5.67. The molecule has 0 aliphatic carbocycles. The van der Waals surface area contributed by atoms with Gasteiger partial charge in [-0.15, -0.1) is 0 Å². The predicted octanol–water partition coefficient (Wildman–Crippen LogP) is 7.86. The summed E-state index contributed by atoms with van der Waals surface area (Å²) in [5.41, 5.74) is 5.92. The summed E-state index contributed by atoms with van der Waals surface area (Å²) >= 11 is 0. The number of nitrogens with zero attached hydrogens (tertiary/aromatic N) is 2. The van der Waals surface area contributed by atoms with Gasteiger partial charge in [-0.2, -0.15) is 0 Å². The lowest BCUT2D eigenvalue weighted by Crippen LogP contribution is -2.41. The molecule has 2 heterocycles. The average molecular weight is 524 g/mol. The molecule has 5 aromatic carbocycles. The second-order valence-corrected chi connectivity index (χ2v) is 11.7. The van der Waals surface area contributed by atoms with Crippen LogP contribution in [0.5, 0.6) is 0 Å². The average Bonchev–Trinajstić information content (AvgIpc) is 3.44. The fraction of sp³-hybridized carbons (Fsp3) is 0.229. The van der Waals surface area contributed by atoms with Crippen LogP contribution in [0.3, 0.4) is 0 Å². The van der Waals surface area contributed by atoms with E-state index < -0.39 is 18.3 Å². The summed E-state index contributed by atoms with van der Waals surface area (Å²) < 4.78 is 15.4. The van der Waals surface area contributed by atoms with Crippen molar-refractivity contribution in [1.29, 1.82) is 0 Å². The van der Waals surface area contributed by atoms with E-state index in [1.807, 2.05) is 0 Å². The molecule has 0 spiro atoms. The summed E-state index contributed by atoms with van der Waals surface area (Å²) in [6, 6.07) is 34.6. The summed E-state index contributed by atoms with van der Waals surface area (Å²) in [6.07, 6.45) is 0.853. The largest absolute Gasteiger partial charge is 0.495 e. The van der Waals surface area contributed by atoms with Gasteiger partial charge < -0.3 is 9.31 Å². The first-order valence-corrected chi connectivity index (χ1v) is 14.2. The van der Waals surface area contributed by atoms with Gasteiger partial charge in [0.05, 0.1) is 27.9 Å². The Bertz CT molecular complexity index is 1900. The van der Waals surface area contributed by atoms with Gasteiger partial charge in [-0.3, -0.25) is 4.57 Å². The molecule has 0 N–H and O–H groups in total. The molecule has 1 fully saturated rings. The number of para-hydroxylation sites is 2. The fourth-order valence-electron chi connectivity index (χ4n) is 6.07. The Balaban J connectivity index is 1.47. The summed E-state index contributed by atoms with van der Waals surface area (Å²) in [4.78, 5) is 4.95. The summed E-state index contributed by atoms with van der Waals surface area (Å²) in [6.45, 7) is 10.6. The zero-order chi connectivity index (χ0) is 27.6. The van der Waals surface area contributed by atoms with Crippen LogP contribution in [-0.4, -0.2) is 27.9 Å². The molecule has 7 rings (SSSR count). The number of aryl methyl sites for hydroxylation is 1. The zero-order valence-electron chi connectivity index (χ0n) is 23.7. The maximum Gasteiger partial charge on any atom is 0.495 e. The lowest BCUT2D eigenvalue weighted by Gasteiger charge is -2.32. The molecule has 0 atom stereocenters. The molecule has 40 heavy (non-hydrogen) atoms. The van der Waals surface area contributed by atoms with E-state index in [0.717, 1.165) is 34.4 Å². The molecule has 0 radical (unpaired) electrons. The monoisotopic (exact) mass is 524 g/mol. The van der Waals surface area contributed by atoms with Gasteiger partial charge in [0.1, 0.15) is 5.82 Å². The third kappa shape index (κ3) is 3.72. The van der Waals surface area contributed by atoms with Crippen molar-refractivity contribution in [1.82, 2.24) is 9.55 Å². The first-order chi connectivity index (χ1) is 19.3. The van der Waals surface area contributed by atoms with Crippen LogP contribution in [0.15, 0.2) is 97.1 Å². The molecular formula is C35H33BN2O2. The fourth-order valence-corrected chi connectivity index (χ4v) is 6.07. The van der Waals surface area contributed by atoms with Crippen LogP contribution in [0.25, 0.3) is 49.4 Å². The molecule has 6 aromatic rings. The lowest BCUT2D eigenvalue weighted by molar-refractivity contribution is 0.00578. The Labute approximate surface area is 235 Å². The molecule has 0 saturated carbocycles. The highest BCUT2D eigenvalue weighted by molar-refractivity contribution is 6.65. The molecule has 1 aromatic heterocycles. The van der Waals surface area contributed by atoms with Crippen LogP contribution >= 0.6 is 0 Å². The van der Waals surface area contributed by atoms with Gasteiger partial charge in [-0.1, -0.05) is 85.8 Å². The molecule has 4 nitrogen and oxygen atoms in total. The van der Waals surface area contributed by atoms with E-state index in [-0.39, 0.29) is 0 Å². The first-order valence-electron chi connectivity index (χ1n) is 14.2. The quantitative estimate of drug-likeness (QED) is 0.220. The predicted molar refractivity (Wildman–Crippen MR) is 167 cm³/mol. The van der Waals surface area contributed by atoms with Crippen molar-refractivity contribution in [3.8, 4) is 16.8 Å². The highest BCUT2D eigenvalue weighted by atomic mass is 16.7. The molecule has 0 amide bonds. The second-order valence-electron chi connectivity index (χ2n) is 11.7. The Morgan fingerprint density at radius 1 is 0.700 bits per heavy atom. The smallest absolute Gasteiger partial charge is 0.399 e. The van der Waals surface area contributed by atoms with Crippen LogP contribution in [0.4, 0.5) is 0 Å². The van der Waals surface area contributed by atoms with E-state index in [2.05, 4.69) is 136 Å². The number of benzene rings is 5. The normalized spacial score (nSPS) is 16.4. The van der Waals surface area contributed by atoms with E-state index in [1.54, 1.807) is 0 Å². The van der Waals surface area contributed by atoms with Crippen molar-refractivity contribution >= 4 is 45.2 Å². The third-order valence-electron chi connectivity index (χ3n) is 8.82. The molecule has 1 aliphatic rings. The SMILES string of the molecule is CCc1nc2ccccc2n1-c1cccc2c(-c3cccc4cccc(B5OC(C)(C)C(C)(C)O5)c34)cccc12. The molecular weight excluding hydrogens is 491 g/mol. The van der Waals surface area contributed by atoms with E-state index in [0.29, 0.717) is 0 Å². The number of hydrogen-bond acceptors (Lipinski definition) is 3. The lowest BCUT2D eigenvalue weighted by atomic mass is 9.74. The van der Waals surface area contributed by atoms with Crippen LogP contribution in [0, 0.1) is 0 Å². The van der Waals surface area contributed by atoms with Gasteiger partial charge in [0.2, 0.25) is 0 Å². The van der Waals surface area contributed by atoms with Gasteiger partial charge in [-0.05, 0) is 78.6 Å². The van der Waals surface area contributed by atoms with Gasteiger partial charge in [0, 0.05) is 11.8 Å². The third-order valence-corrected chi connectivity index (χ3v) is 8.82.